The van der Waals surface area contributed by atoms with Crippen LogP contribution in [0.1, 0.15) is 43.7 Å². The van der Waals surface area contributed by atoms with Crippen molar-refractivity contribution in [1.82, 2.24) is 0 Å². The monoisotopic (exact) mass is 199 g/mol. The first-order chi connectivity index (χ1) is 7.32. The van der Waals surface area contributed by atoms with Gasteiger partial charge >= 0.3 is 0 Å². The highest BCUT2D eigenvalue weighted by molar-refractivity contribution is 5.41. The first-order valence-electron chi connectivity index (χ1n) is 5.82. The van der Waals surface area contributed by atoms with Crippen molar-refractivity contribution in [3.05, 3.63) is 35.4 Å². The molecule has 0 heterocycles. The van der Waals surface area contributed by atoms with Crippen LogP contribution in [-0.4, -0.2) is 0 Å². The average molecular weight is 199 g/mol. The van der Waals surface area contributed by atoms with Crippen molar-refractivity contribution in [2.45, 2.75) is 44.4 Å². The standard InChI is InChI=1S/C14H17N/c1-2-9-14(11-15)10-5-7-12-6-3-4-8-13(12)14/h3-4,6,8H,2,5,7,9-10H2,1H3. The maximum atomic E-state index is 9.47. The first kappa shape index (κ1) is 10.2. The molecule has 0 aromatic heterocycles. The van der Waals surface area contributed by atoms with Gasteiger partial charge in [0.05, 0.1) is 11.5 Å². The van der Waals surface area contributed by atoms with Gasteiger partial charge in [-0.05, 0) is 36.8 Å². The second-order valence-corrected chi connectivity index (χ2v) is 4.45. The summed E-state index contributed by atoms with van der Waals surface area (Å²) in [6.45, 7) is 2.16. The van der Waals surface area contributed by atoms with E-state index in [-0.39, 0.29) is 5.41 Å². The number of hydrogen-bond acceptors (Lipinski definition) is 1. The van der Waals surface area contributed by atoms with Crippen LogP contribution in [0.2, 0.25) is 0 Å². The molecule has 15 heavy (non-hydrogen) atoms. The van der Waals surface area contributed by atoms with E-state index in [1.165, 1.54) is 11.1 Å². The lowest BCUT2D eigenvalue weighted by molar-refractivity contribution is 0.419. The van der Waals surface area contributed by atoms with E-state index in [9.17, 15) is 5.26 Å². The maximum absolute atomic E-state index is 9.47. The third-order valence-corrected chi connectivity index (χ3v) is 3.47. The normalized spacial score (nSPS) is 24.3. The number of rotatable bonds is 2. The SMILES string of the molecule is CCCC1(C#N)CCCc2ccccc21. The summed E-state index contributed by atoms with van der Waals surface area (Å²) in [5, 5.41) is 9.47. The predicted octanol–water partition coefficient (Wildman–Crippen LogP) is 3.58. The third-order valence-electron chi connectivity index (χ3n) is 3.47. The molecule has 0 spiro atoms. The molecule has 1 atom stereocenters. The Balaban J connectivity index is 2.48. The van der Waals surface area contributed by atoms with E-state index in [0.29, 0.717) is 0 Å². The van der Waals surface area contributed by atoms with Crippen molar-refractivity contribution in [3.8, 4) is 6.07 Å². The summed E-state index contributed by atoms with van der Waals surface area (Å²) in [6, 6.07) is 11.0. The van der Waals surface area contributed by atoms with Crippen LogP contribution in [0.4, 0.5) is 0 Å². The molecule has 0 radical (unpaired) electrons. The van der Waals surface area contributed by atoms with Crippen LogP contribution in [0.15, 0.2) is 24.3 Å². The lowest BCUT2D eigenvalue weighted by atomic mass is 9.68. The van der Waals surface area contributed by atoms with Gasteiger partial charge in [0.15, 0.2) is 0 Å². The Labute approximate surface area is 91.7 Å². The molecule has 1 unspecified atom stereocenters. The van der Waals surface area contributed by atoms with Crippen molar-refractivity contribution in [2.75, 3.05) is 0 Å². The molecule has 0 N–H and O–H groups in total. The molecule has 0 bridgehead atoms. The highest BCUT2D eigenvalue weighted by Gasteiger charge is 2.35. The van der Waals surface area contributed by atoms with E-state index in [1.807, 2.05) is 0 Å². The second-order valence-electron chi connectivity index (χ2n) is 4.45. The molecular weight excluding hydrogens is 182 g/mol. The first-order valence-corrected chi connectivity index (χ1v) is 5.82. The van der Waals surface area contributed by atoms with Gasteiger partial charge in [0.2, 0.25) is 0 Å². The van der Waals surface area contributed by atoms with Crippen LogP contribution in [0.3, 0.4) is 0 Å². The van der Waals surface area contributed by atoms with Crippen LogP contribution >= 0.6 is 0 Å². The minimum absolute atomic E-state index is 0.191. The number of hydrogen-bond donors (Lipinski definition) is 0. The second kappa shape index (κ2) is 4.06. The van der Waals surface area contributed by atoms with Gasteiger partial charge in [-0.25, -0.2) is 0 Å². The summed E-state index contributed by atoms with van der Waals surface area (Å²) in [6.07, 6.45) is 5.42. The van der Waals surface area contributed by atoms with E-state index in [2.05, 4.69) is 37.3 Å². The average Bonchev–Trinajstić information content (AvgIpc) is 2.30. The molecule has 1 aromatic rings. The lowest BCUT2D eigenvalue weighted by Crippen LogP contribution is -2.29. The Bertz CT molecular complexity index is 389. The number of benzene rings is 1. The van der Waals surface area contributed by atoms with Crippen molar-refractivity contribution < 1.29 is 0 Å². The van der Waals surface area contributed by atoms with Gasteiger partial charge in [-0.2, -0.15) is 5.26 Å². The van der Waals surface area contributed by atoms with Gasteiger partial charge in [0.25, 0.3) is 0 Å². The van der Waals surface area contributed by atoms with Crippen LogP contribution in [0.5, 0.6) is 0 Å². The Hall–Kier alpha value is -1.29. The molecule has 1 aromatic carbocycles. The highest BCUT2D eigenvalue weighted by atomic mass is 14.4. The zero-order valence-corrected chi connectivity index (χ0v) is 9.29. The molecule has 1 nitrogen and oxygen atoms in total. The Morgan fingerprint density at radius 1 is 1.40 bits per heavy atom. The van der Waals surface area contributed by atoms with E-state index < -0.39 is 0 Å². The van der Waals surface area contributed by atoms with Crippen LogP contribution < -0.4 is 0 Å². The zero-order chi connectivity index (χ0) is 10.7. The summed E-state index contributed by atoms with van der Waals surface area (Å²) in [5.41, 5.74) is 2.49. The fourth-order valence-corrected chi connectivity index (χ4v) is 2.78. The topological polar surface area (TPSA) is 23.8 Å². The van der Waals surface area contributed by atoms with E-state index in [1.54, 1.807) is 0 Å². The van der Waals surface area contributed by atoms with Gasteiger partial charge < -0.3 is 0 Å². The molecule has 78 valence electrons. The number of aryl methyl sites for hydroxylation is 1. The third kappa shape index (κ3) is 1.65. The maximum Gasteiger partial charge on any atom is 0.0825 e. The van der Waals surface area contributed by atoms with E-state index in [4.69, 9.17) is 0 Å². The molecule has 0 saturated carbocycles. The number of fused-ring (bicyclic) bond motifs is 1. The lowest BCUT2D eigenvalue weighted by Gasteiger charge is -2.33. The fourth-order valence-electron chi connectivity index (χ4n) is 2.78. The Morgan fingerprint density at radius 3 is 2.93 bits per heavy atom. The van der Waals surface area contributed by atoms with Crippen LogP contribution in [0, 0.1) is 11.3 Å². The molecule has 0 aliphatic heterocycles. The van der Waals surface area contributed by atoms with Crippen LogP contribution in [0.25, 0.3) is 0 Å². The summed E-state index contributed by atoms with van der Waals surface area (Å²) < 4.78 is 0. The number of nitriles is 1. The molecule has 1 aliphatic carbocycles. The van der Waals surface area contributed by atoms with Crippen LogP contribution in [-0.2, 0) is 11.8 Å². The van der Waals surface area contributed by atoms with E-state index in [0.717, 1.165) is 32.1 Å². The van der Waals surface area contributed by atoms with Gasteiger partial charge in [0.1, 0.15) is 0 Å². The molecule has 0 amide bonds. The summed E-state index contributed by atoms with van der Waals surface area (Å²) >= 11 is 0. The minimum atomic E-state index is -0.191. The summed E-state index contributed by atoms with van der Waals surface area (Å²) in [5.74, 6) is 0. The smallest absolute Gasteiger partial charge is 0.0825 e. The fraction of sp³-hybridized carbons (Fsp3) is 0.500. The van der Waals surface area contributed by atoms with Crippen molar-refractivity contribution >= 4 is 0 Å². The van der Waals surface area contributed by atoms with Crippen molar-refractivity contribution in [1.29, 1.82) is 5.26 Å². The van der Waals surface area contributed by atoms with Gasteiger partial charge in [-0.3, -0.25) is 0 Å². The minimum Gasteiger partial charge on any atom is -0.197 e. The Morgan fingerprint density at radius 2 is 2.20 bits per heavy atom. The Kier molecular flexibility index (Phi) is 2.77. The van der Waals surface area contributed by atoms with Gasteiger partial charge in [0, 0.05) is 0 Å². The molecule has 0 saturated heterocycles. The molecule has 1 aliphatic rings. The zero-order valence-electron chi connectivity index (χ0n) is 9.29. The van der Waals surface area contributed by atoms with Crippen molar-refractivity contribution in [2.24, 2.45) is 0 Å². The van der Waals surface area contributed by atoms with E-state index >= 15 is 0 Å². The molecule has 1 heteroatoms. The molecule has 0 fully saturated rings. The quantitative estimate of drug-likeness (QED) is 0.714. The molecule has 2 rings (SSSR count). The molecular formula is C14H17N. The number of nitrogens with zero attached hydrogens (tertiary/aromatic N) is 1. The van der Waals surface area contributed by atoms with Gasteiger partial charge in [-0.15, -0.1) is 0 Å². The highest BCUT2D eigenvalue weighted by Crippen LogP contribution is 2.40. The summed E-state index contributed by atoms with van der Waals surface area (Å²) in [7, 11) is 0. The van der Waals surface area contributed by atoms with Gasteiger partial charge in [-0.1, -0.05) is 37.6 Å². The predicted molar refractivity (Wildman–Crippen MR) is 61.6 cm³/mol. The van der Waals surface area contributed by atoms with Crippen molar-refractivity contribution in [3.63, 3.8) is 0 Å². The summed E-state index contributed by atoms with van der Waals surface area (Å²) in [4.78, 5) is 0. The largest absolute Gasteiger partial charge is 0.197 e.